The first-order chi connectivity index (χ1) is 10.7. The molecule has 4 aromatic rings. The smallest absolute Gasteiger partial charge is 0.207 e. The summed E-state index contributed by atoms with van der Waals surface area (Å²) < 4.78 is 6.07. The van der Waals surface area contributed by atoms with Gasteiger partial charge in [-0.15, -0.1) is 0 Å². The first-order valence-corrected chi connectivity index (χ1v) is 7.55. The van der Waals surface area contributed by atoms with Crippen LogP contribution in [-0.2, 0) is 0 Å². The maximum Gasteiger partial charge on any atom is 0.361 e. The molecule has 0 fully saturated rings. The molecule has 1 nitrogen and oxygen atoms in total. The van der Waals surface area contributed by atoms with Crippen molar-refractivity contribution in [3.8, 4) is 11.1 Å². The number of rotatable bonds is 1. The molecule has 0 bridgehead atoms. The largest absolute Gasteiger partial charge is 0.361 e. The van der Waals surface area contributed by atoms with E-state index in [9.17, 15) is 0 Å². The van der Waals surface area contributed by atoms with Crippen molar-refractivity contribution in [3.05, 3.63) is 77.9 Å². The van der Waals surface area contributed by atoms with E-state index in [0.717, 1.165) is 21.9 Å². The van der Waals surface area contributed by atoms with Crippen LogP contribution in [0, 0.1) is 13.8 Å². The van der Waals surface area contributed by atoms with Gasteiger partial charge in [-0.25, -0.2) is 4.42 Å². The molecule has 0 aliphatic rings. The molecule has 0 unspecified atom stereocenters. The van der Waals surface area contributed by atoms with E-state index < -0.39 is 0 Å². The fourth-order valence-corrected chi connectivity index (χ4v) is 3.17. The van der Waals surface area contributed by atoms with E-state index in [2.05, 4.69) is 56.3 Å². The lowest BCUT2D eigenvalue weighted by molar-refractivity contribution is 0.661. The molecule has 0 amide bonds. The van der Waals surface area contributed by atoms with Crippen LogP contribution in [0.2, 0.25) is 0 Å². The van der Waals surface area contributed by atoms with Gasteiger partial charge in [0.15, 0.2) is 0 Å². The van der Waals surface area contributed by atoms with Gasteiger partial charge in [0.2, 0.25) is 0 Å². The van der Waals surface area contributed by atoms with E-state index in [-0.39, 0.29) is 0 Å². The zero-order valence-corrected chi connectivity index (χ0v) is 12.8. The molecular weight excluding hydrogens is 268 g/mol. The quantitative estimate of drug-likeness (QED) is 0.301. The number of hydrogen-bond donors (Lipinski definition) is 0. The van der Waals surface area contributed by atoms with Crippen LogP contribution in [0.25, 0.3) is 33.1 Å². The van der Waals surface area contributed by atoms with Crippen LogP contribution in [0.1, 0.15) is 11.1 Å². The van der Waals surface area contributed by atoms with Crippen LogP contribution in [-0.4, -0.2) is 0 Å². The van der Waals surface area contributed by atoms with Gasteiger partial charge in [-0.05, 0) is 37.1 Å². The fraction of sp³-hybridized carbons (Fsp3) is 0.0952. The highest BCUT2D eigenvalue weighted by Crippen LogP contribution is 2.37. The minimum atomic E-state index is 0.927. The molecule has 4 rings (SSSR count). The average Bonchev–Trinajstić information content (AvgIpc) is 2.53. The van der Waals surface area contributed by atoms with Gasteiger partial charge in [-0.1, -0.05) is 48.0 Å². The maximum absolute atomic E-state index is 6.07. The zero-order valence-electron chi connectivity index (χ0n) is 12.8. The van der Waals surface area contributed by atoms with Crippen LogP contribution < -0.4 is 0 Å². The summed E-state index contributed by atoms with van der Waals surface area (Å²) in [6.07, 6.45) is 0. The van der Waals surface area contributed by atoms with E-state index in [4.69, 9.17) is 4.42 Å². The number of aryl methyl sites for hydroxylation is 2. The van der Waals surface area contributed by atoms with E-state index in [0.29, 0.717) is 0 Å². The highest BCUT2D eigenvalue weighted by Gasteiger charge is 2.20. The van der Waals surface area contributed by atoms with E-state index in [1.54, 1.807) is 0 Å². The summed E-state index contributed by atoms with van der Waals surface area (Å²) in [6, 6.07) is 23.2. The molecular formula is C21H17O+. The SMILES string of the molecule is Cc1ccc(-c2c3ccccc3[o+]c3ccccc23)c(C)c1. The van der Waals surface area contributed by atoms with Crippen molar-refractivity contribution in [1.82, 2.24) is 0 Å². The zero-order chi connectivity index (χ0) is 15.1. The fourth-order valence-electron chi connectivity index (χ4n) is 3.17. The van der Waals surface area contributed by atoms with Crippen LogP contribution in [0.3, 0.4) is 0 Å². The Morgan fingerprint density at radius 3 is 1.86 bits per heavy atom. The predicted molar refractivity (Wildman–Crippen MR) is 93.0 cm³/mol. The summed E-state index contributed by atoms with van der Waals surface area (Å²) in [5.41, 5.74) is 6.97. The van der Waals surface area contributed by atoms with Crippen molar-refractivity contribution in [2.45, 2.75) is 13.8 Å². The lowest BCUT2D eigenvalue weighted by Crippen LogP contribution is -1.89. The molecule has 0 saturated carbocycles. The van der Waals surface area contributed by atoms with Crippen LogP contribution >= 0.6 is 0 Å². The summed E-state index contributed by atoms with van der Waals surface area (Å²) in [7, 11) is 0. The first kappa shape index (κ1) is 13.0. The Morgan fingerprint density at radius 1 is 0.682 bits per heavy atom. The molecule has 1 heterocycles. The van der Waals surface area contributed by atoms with Crippen molar-refractivity contribution >= 4 is 21.9 Å². The molecule has 0 saturated heterocycles. The van der Waals surface area contributed by atoms with Crippen molar-refractivity contribution in [1.29, 1.82) is 0 Å². The van der Waals surface area contributed by atoms with Crippen molar-refractivity contribution in [2.24, 2.45) is 0 Å². The number of para-hydroxylation sites is 2. The van der Waals surface area contributed by atoms with Gasteiger partial charge in [0, 0.05) is 17.7 Å². The summed E-state index contributed by atoms with van der Waals surface area (Å²) in [4.78, 5) is 0. The van der Waals surface area contributed by atoms with Gasteiger partial charge in [-0.2, -0.15) is 0 Å². The van der Waals surface area contributed by atoms with Gasteiger partial charge in [0.25, 0.3) is 0 Å². The Bertz CT molecular complexity index is 945. The Hall–Kier alpha value is -2.67. The van der Waals surface area contributed by atoms with Crippen LogP contribution in [0.5, 0.6) is 0 Å². The van der Waals surface area contributed by atoms with E-state index in [1.165, 1.54) is 22.3 Å². The Balaban J connectivity index is 2.21. The van der Waals surface area contributed by atoms with E-state index >= 15 is 0 Å². The first-order valence-electron chi connectivity index (χ1n) is 7.55. The lowest BCUT2D eigenvalue weighted by atomic mass is 9.93. The molecule has 1 aromatic heterocycles. The third-order valence-electron chi connectivity index (χ3n) is 4.18. The van der Waals surface area contributed by atoms with Crippen molar-refractivity contribution in [3.63, 3.8) is 0 Å². The van der Waals surface area contributed by atoms with Gasteiger partial charge in [-0.3, -0.25) is 0 Å². The molecule has 3 aromatic carbocycles. The summed E-state index contributed by atoms with van der Waals surface area (Å²) in [5.74, 6) is 0. The number of benzene rings is 3. The summed E-state index contributed by atoms with van der Waals surface area (Å²) >= 11 is 0. The maximum atomic E-state index is 6.07. The monoisotopic (exact) mass is 285 g/mol. The van der Waals surface area contributed by atoms with Gasteiger partial charge >= 0.3 is 11.2 Å². The van der Waals surface area contributed by atoms with Gasteiger partial charge < -0.3 is 0 Å². The molecule has 0 atom stereocenters. The molecule has 0 aliphatic heterocycles. The van der Waals surface area contributed by atoms with Crippen molar-refractivity contribution < 1.29 is 4.42 Å². The second kappa shape index (κ2) is 4.96. The highest BCUT2D eigenvalue weighted by atomic mass is 16.3. The standard InChI is InChI=1S/C21H17O/c1-14-11-12-16(15(2)13-14)21-17-7-3-5-9-19(17)22-20-10-6-4-8-18(20)21/h3-13H,1-2H3/q+1. The van der Waals surface area contributed by atoms with Crippen molar-refractivity contribution in [2.75, 3.05) is 0 Å². The lowest BCUT2D eigenvalue weighted by Gasteiger charge is -2.09. The highest BCUT2D eigenvalue weighted by molar-refractivity contribution is 6.08. The predicted octanol–water partition coefficient (Wildman–Crippen LogP) is 6.15. The van der Waals surface area contributed by atoms with Gasteiger partial charge in [0.05, 0.1) is 10.8 Å². The third kappa shape index (κ3) is 1.98. The molecule has 106 valence electrons. The molecule has 0 aliphatic carbocycles. The topological polar surface area (TPSA) is 11.3 Å². The normalized spacial score (nSPS) is 11.2. The van der Waals surface area contributed by atoms with E-state index in [1.807, 2.05) is 24.3 Å². The van der Waals surface area contributed by atoms with Gasteiger partial charge in [0.1, 0.15) is 0 Å². The summed E-state index contributed by atoms with van der Waals surface area (Å²) in [6.45, 7) is 4.31. The molecule has 0 radical (unpaired) electrons. The Morgan fingerprint density at radius 2 is 1.27 bits per heavy atom. The molecule has 0 spiro atoms. The number of hydrogen-bond acceptors (Lipinski definition) is 0. The minimum absolute atomic E-state index is 0.927. The minimum Gasteiger partial charge on any atom is -0.207 e. The second-order valence-electron chi connectivity index (χ2n) is 5.79. The third-order valence-corrected chi connectivity index (χ3v) is 4.18. The Kier molecular flexibility index (Phi) is 2.93. The number of fused-ring (bicyclic) bond motifs is 2. The average molecular weight is 285 g/mol. The second-order valence-corrected chi connectivity index (χ2v) is 5.79. The molecule has 0 N–H and O–H groups in total. The summed E-state index contributed by atoms with van der Waals surface area (Å²) in [5, 5.41) is 2.32. The Labute approximate surface area is 129 Å². The van der Waals surface area contributed by atoms with Crippen LogP contribution in [0.15, 0.2) is 71.1 Å². The molecule has 1 heteroatoms. The molecule has 22 heavy (non-hydrogen) atoms. The van der Waals surface area contributed by atoms with Crippen LogP contribution in [0.4, 0.5) is 0 Å².